The highest BCUT2D eigenvalue weighted by Crippen LogP contribution is 2.19. The molecule has 1 aromatic heterocycles. The van der Waals surface area contributed by atoms with Gasteiger partial charge in [0.2, 0.25) is 0 Å². The van der Waals surface area contributed by atoms with E-state index in [0.29, 0.717) is 0 Å². The molecule has 0 aliphatic carbocycles. The molecule has 1 N–H and O–H groups in total. The molecule has 0 saturated carbocycles. The maximum Gasteiger partial charge on any atom is 0.125 e. The maximum atomic E-state index is 4.45. The second kappa shape index (κ2) is 6.01. The Morgan fingerprint density at radius 1 is 1.47 bits per heavy atom. The largest absolute Gasteiger partial charge is 0.370 e. The fourth-order valence-electron chi connectivity index (χ4n) is 2.34. The highest BCUT2D eigenvalue weighted by atomic mass is 15.2. The summed E-state index contributed by atoms with van der Waals surface area (Å²) in [6.07, 6.45) is 5.81. The topological polar surface area (TPSA) is 28.2 Å². The van der Waals surface area contributed by atoms with Crippen molar-refractivity contribution < 1.29 is 0 Å². The highest BCUT2D eigenvalue weighted by Gasteiger charge is 2.19. The molecule has 0 radical (unpaired) electrons. The first-order chi connectivity index (χ1) is 8.29. The molecule has 94 valence electrons. The van der Waals surface area contributed by atoms with Crippen molar-refractivity contribution in [2.24, 2.45) is 0 Å². The van der Waals surface area contributed by atoms with Crippen LogP contribution in [0, 0.1) is 0 Å². The van der Waals surface area contributed by atoms with Gasteiger partial charge in [0, 0.05) is 25.3 Å². The number of hydrogen-bond donors (Lipinski definition) is 1. The van der Waals surface area contributed by atoms with Gasteiger partial charge in [0.1, 0.15) is 5.82 Å². The van der Waals surface area contributed by atoms with E-state index in [-0.39, 0.29) is 0 Å². The lowest BCUT2D eigenvalue weighted by Gasteiger charge is -2.20. The first-order valence-electron chi connectivity index (χ1n) is 6.72. The van der Waals surface area contributed by atoms with Gasteiger partial charge in [-0.1, -0.05) is 13.0 Å². The Hall–Kier alpha value is -1.09. The Morgan fingerprint density at radius 2 is 2.35 bits per heavy atom. The van der Waals surface area contributed by atoms with Gasteiger partial charge in [-0.2, -0.15) is 0 Å². The van der Waals surface area contributed by atoms with Crippen molar-refractivity contribution >= 4 is 5.82 Å². The fraction of sp³-hybridized carbons (Fsp3) is 0.643. The molecule has 0 bridgehead atoms. The second-order valence-electron chi connectivity index (χ2n) is 4.94. The van der Waals surface area contributed by atoms with Gasteiger partial charge in [-0.3, -0.25) is 4.90 Å². The molecular formula is C14H23N3. The van der Waals surface area contributed by atoms with E-state index in [9.17, 15) is 0 Å². The SMILES string of the molecule is CCCNc1ccc(CN2CCCC2C)cn1. The lowest BCUT2D eigenvalue weighted by atomic mass is 10.2. The minimum Gasteiger partial charge on any atom is -0.370 e. The molecule has 1 saturated heterocycles. The molecule has 1 aromatic rings. The summed E-state index contributed by atoms with van der Waals surface area (Å²) in [7, 11) is 0. The van der Waals surface area contributed by atoms with Crippen LogP contribution in [-0.4, -0.2) is 29.0 Å². The van der Waals surface area contributed by atoms with Crippen LogP contribution in [0.25, 0.3) is 0 Å². The molecule has 1 aliphatic rings. The van der Waals surface area contributed by atoms with Crippen LogP contribution in [0.5, 0.6) is 0 Å². The fourth-order valence-corrected chi connectivity index (χ4v) is 2.34. The Bertz CT molecular complexity index is 334. The van der Waals surface area contributed by atoms with Crippen LogP contribution < -0.4 is 5.32 Å². The molecule has 2 heterocycles. The van der Waals surface area contributed by atoms with Crippen LogP contribution in [0.15, 0.2) is 18.3 Å². The molecule has 2 rings (SSSR count). The van der Waals surface area contributed by atoms with E-state index >= 15 is 0 Å². The average molecular weight is 233 g/mol. The Labute approximate surface area is 104 Å². The summed E-state index contributed by atoms with van der Waals surface area (Å²) in [5.41, 5.74) is 1.32. The molecule has 1 fully saturated rings. The number of pyridine rings is 1. The summed E-state index contributed by atoms with van der Waals surface area (Å²) in [6, 6.07) is 5.01. The standard InChI is InChI=1S/C14H23N3/c1-3-8-15-14-7-6-13(10-16-14)11-17-9-4-5-12(17)2/h6-7,10,12H,3-5,8-9,11H2,1-2H3,(H,15,16). The van der Waals surface area contributed by atoms with E-state index in [4.69, 9.17) is 0 Å². The molecule has 3 nitrogen and oxygen atoms in total. The quantitative estimate of drug-likeness (QED) is 0.847. The molecule has 0 aromatic carbocycles. The summed E-state index contributed by atoms with van der Waals surface area (Å²) in [6.45, 7) is 7.75. The molecule has 1 aliphatic heterocycles. The van der Waals surface area contributed by atoms with Crippen molar-refractivity contribution in [3.05, 3.63) is 23.9 Å². The van der Waals surface area contributed by atoms with Crippen LogP contribution in [0.2, 0.25) is 0 Å². The zero-order chi connectivity index (χ0) is 12.1. The summed E-state index contributed by atoms with van der Waals surface area (Å²) in [4.78, 5) is 6.98. The van der Waals surface area contributed by atoms with Crippen molar-refractivity contribution in [1.29, 1.82) is 0 Å². The summed E-state index contributed by atoms with van der Waals surface area (Å²) >= 11 is 0. The third kappa shape index (κ3) is 3.43. The lowest BCUT2D eigenvalue weighted by Crippen LogP contribution is -2.26. The maximum absolute atomic E-state index is 4.45. The number of anilines is 1. The van der Waals surface area contributed by atoms with E-state index in [1.807, 2.05) is 6.20 Å². The first-order valence-corrected chi connectivity index (χ1v) is 6.72. The van der Waals surface area contributed by atoms with E-state index in [0.717, 1.165) is 31.4 Å². The molecule has 1 unspecified atom stereocenters. The number of hydrogen-bond acceptors (Lipinski definition) is 3. The Balaban J connectivity index is 1.89. The summed E-state index contributed by atoms with van der Waals surface area (Å²) < 4.78 is 0. The second-order valence-corrected chi connectivity index (χ2v) is 4.94. The van der Waals surface area contributed by atoms with Crippen LogP contribution in [-0.2, 0) is 6.54 Å². The first kappa shape index (κ1) is 12.4. The van der Waals surface area contributed by atoms with Gasteiger partial charge in [-0.25, -0.2) is 4.98 Å². The number of likely N-dealkylation sites (tertiary alicyclic amines) is 1. The van der Waals surface area contributed by atoms with Crippen LogP contribution >= 0.6 is 0 Å². The minimum atomic E-state index is 0.730. The highest BCUT2D eigenvalue weighted by molar-refractivity contribution is 5.35. The molecule has 0 spiro atoms. The van der Waals surface area contributed by atoms with Crippen molar-refractivity contribution in [2.75, 3.05) is 18.4 Å². The van der Waals surface area contributed by atoms with Crippen LogP contribution in [0.3, 0.4) is 0 Å². The van der Waals surface area contributed by atoms with Crippen LogP contribution in [0.4, 0.5) is 5.82 Å². The van der Waals surface area contributed by atoms with Gasteiger partial charge in [0.25, 0.3) is 0 Å². The monoisotopic (exact) mass is 233 g/mol. The molecule has 17 heavy (non-hydrogen) atoms. The van der Waals surface area contributed by atoms with Gasteiger partial charge < -0.3 is 5.32 Å². The van der Waals surface area contributed by atoms with Gasteiger partial charge in [0.15, 0.2) is 0 Å². The number of rotatable bonds is 5. The molecule has 0 amide bonds. The number of nitrogens with one attached hydrogen (secondary N) is 1. The van der Waals surface area contributed by atoms with Gasteiger partial charge in [-0.15, -0.1) is 0 Å². The molecule has 3 heteroatoms. The Morgan fingerprint density at radius 3 is 2.94 bits per heavy atom. The smallest absolute Gasteiger partial charge is 0.125 e. The predicted octanol–water partition coefficient (Wildman–Crippen LogP) is 2.89. The molecular weight excluding hydrogens is 210 g/mol. The zero-order valence-electron chi connectivity index (χ0n) is 10.9. The van der Waals surface area contributed by atoms with Crippen molar-refractivity contribution in [2.45, 2.75) is 45.7 Å². The normalized spacial score (nSPS) is 20.7. The zero-order valence-corrected chi connectivity index (χ0v) is 10.9. The van der Waals surface area contributed by atoms with E-state index in [1.54, 1.807) is 0 Å². The average Bonchev–Trinajstić information content (AvgIpc) is 2.74. The third-order valence-electron chi connectivity index (χ3n) is 3.46. The molecule has 1 atom stereocenters. The Kier molecular flexibility index (Phi) is 4.37. The van der Waals surface area contributed by atoms with Gasteiger partial charge in [-0.05, 0) is 44.4 Å². The predicted molar refractivity (Wildman–Crippen MR) is 72.1 cm³/mol. The number of aromatic nitrogens is 1. The van der Waals surface area contributed by atoms with E-state index < -0.39 is 0 Å². The van der Waals surface area contributed by atoms with Crippen molar-refractivity contribution in [1.82, 2.24) is 9.88 Å². The van der Waals surface area contributed by atoms with Gasteiger partial charge >= 0.3 is 0 Å². The lowest BCUT2D eigenvalue weighted by molar-refractivity contribution is 0.260. The minimum absolute atomic E-state index is 0.730. The van der Waals surface area contributed by atoms with Crippen molar-refractivity contribution in [3.63, 3.8) is 0 Å². The number of nitrogens with zero attached hydrogens (tertiary/aromatic N) is 2. The van der Waals surface area contributed by atoms with E-state index in [2.05, 4.69) is 41.2 Å². The summed E-state index contributed by atoms with van der Waals surface area (Å²) in [5.74, 6) is 0.991. The third-order valence-corrected chi connectivity index (χ3v) is 3.46. The summed E-state index contributed by atoms with van der Waals surface area (Å²) in [5, 5.41) is 3.30. The van der Waals surface area contributed by atoms with Crippen LogP contribution in [0.1, 0.15) is 38.7 Å². The van der Waals surface area contributed by atoms with Gasteiger partial charge in [0.05, 0.1) is 0 Å². The van der Waals surface area contributed by atoms with E-state index in [1.165, 1.54) is 24.9 Å². The van der Waals surface area contributed by atoms with Crippen molar-refractivity contribution in [3.8, 4) is 0 Å².